The van der Waals surface area contributed by atoms with Crippen LogP contribution in [0.25, 0.3) is 18.2 Å². The number of H-pyrrole nitrogens is 1. The van der Waals surface area contributed by atoms with E-state index in [2.05, 4.69) is 22.1 Å². The Morgan fingerprint density at radius 2 is 1.80 bits per heavy atom. The topological polar surface area (TPSA) is 28.1 Å². The van der Waals surface area contributed by atoms with E-state index in [-0.39, 0.29) is 0 Å². The van der Waals surface area contributed by atoms with Gasteiger partial charge in [-0.2, -0.15) is 0 Å². The molecule has 0 fully saturated rings. The van der Waals surface area contributed by atoms with Gasteiger partial charge in [-0.05, 0) is 33.8 Å². The summed E-state index contributed by atoms with van der Waals surface area (Å²) in [6.45, 7) is 7.99. The van der Waals surface area contributed by atoms with Gasteiger partial charge in [-0.15, -0.1) is 0 Å². The highest BCUT2D eigenvalue weighted by molar-refractivity contribution is 5.69. The average molecular weight is 202 g/mol. The van der Waals surface area contributed by atoms with Crippen LogP contribution in [0, 0.1) is 0 Å². The highest BCUT2D eigenvalue weighted by atomic mass is 14.8. The Hall–Kier alpha value is -1.57. The van der Waals surface area contributed by atoms with Crippen molar-refractivity contribution in [2.75, 3.05) is 0 Å². The molecular formula is C13H18N2. The Kier molecular flexibility index (Phi) is 4.10. The summed E-state index contributed by atoms with van der Waals surface area (Å²) in [5, 5.41) is 2.30. The second-order valence-electron chi connectivity index (χ2n) is 3.18. The van der Waals surface area contributed by atoms with Crippen molar-refractivity contribution >= 4 is 30.1 Å². The first-order chi connectivity index (χ1) is 7.28. The van der Waals surface area contributed by atoms with Crippen LogP contribution in [-0.4, -0.2) is 11.2 Å². The SMILES string of the molecule is CC=Nc1c(/C=C\C)[nH]c(=C/C)/c1=C\C. The summed E-state index contributed by atoms with van der Waals surface area (Å²) >= 11 is 0. The summed E-state index contributed by atoms with van der Waals surface area (Å²) in [6, 6.07) is 0. The number of rotatable bonds is 2. The van der Waals surface area contributed by atoms with Gasteiger partial charge in [0.05, 0.1) is 11.4 Å². The molecule has 1 heterocycles. The van der Waals surface area contributed by atoms with Gasteiger partial charge >= 0.3 is 0 Å². The molecule has 0 radical (unpaired) electrons. The first-order valence-electron chi connectivity index (χ1n) is 5.24. The van der Waals surface area contributed by atoms with Crippen molar-refractivity contribution in [3.63, 3.8) is 0 Å². The predicted octanol–water partition coefficient (Wildman–Crippen LogP) is 2.37. The van der Waals surface area contributed by atoms with Crippen LogP contribution in [0.15, 0.2) is 11.1 Å². The van der Waals surface area contributed by atoms with Crippen LogP contribution in [0.2, 0.25) is 0 Å². The number of aromatic amines is 1. The number of hydrogen-bond donors (Lipinski definition) is 1. The lowest BCUT2D eigenvalue weighted by Crippen LogP contribution is -2.21. The molecule has 0 amide bonds. The highest BCUT2D eigenvalue weighted by Crippen LogP contribution is 2.11. The summed E-state index contributed by atoms with van der Waals surface area (Å²) < 4.78 is 0. The summed E-state index contributed by atoms with van der Waals surface area (Å²) in [5.74, 6) is 0. The van der Waals surface area contributed by atoms with Crippen LogP contribution in [-0.2, 0) is 0 Å². The van der Waals surface area contributed by atoms with Gasteiger partial charge in [0.15, 0.2) is 0 Å². The molecule has 1 N–H and O–H groups in total. The van der Waals surface area contributed by atoms with E-state index < -0.39 is 0 Å². The number of aromatic nitrogens is 1. The summed E-state index contributed by atoms with van der Waals surface area (Å²) in [5.41, 5.74) is 2.09. The Balaban J connectivity index is 3.63. The number of nitrogens with one attached hydrogen (secondary N) is 1. The maximum atomic E-state index is 4.41. The number of nitrogens with zero attached hydrogens (tertiary/aromatic N) is 1. The van der Waals surface area contributed by atoms with E-state index in [4.69, 9.17) is 0 Å². The van der Waals surface area contributed by atoms with E-state index in [1.54, 1.807) is 0 Å². The Morgan fingerprint density at radius 3 is 2.27 bits per heavy atom. The number of allylic oxidation sites excluding steroid dienone is 1. The van der Waals surface area contributed by atoms with Crippen molar-refractivity contribution in [2.45, 2.75) is 27.7 Å². The van der Waals surface area contributed by atoms with Crippen molar-refractivity contribution in [3.8, 4) is 0 Å². The van der Waals surface area contributed by atoms with Crippen LogP contribution < -0.4 is 10.6 Å². The molecule has 80 valence electrons. The molecular weight excluding hydrogens is 184 g/mol. The molecule has 0 aliphatic carbocycles. The molecule has 0 aliphatic heterocycles. The van der Waals surface area contributed by atoms with E-state index in [1.807, 2.05) is 46.1 Å². The molecule has 0 atom stereocenters. The van der Waals surface area contributed by atoms with Crippen molar-refractivity contribution in [3.05, 3.63) is 22.3 Å². The van der Waals surface area contributed by atoms with Crippen molar-refractivity contribution in [1.29, 1.82) is 0 Å². The molecule has 0 aromatic carbocycles. The number of aliphatic imine (C=N–C) groups is 1. The molecule has 1 rings (SSSR count). The molecule has 0 bridgehead atoms. The average Bonchev–Trinajstić information content (AvgIpc) is 2.57. The molecule has 0 saturated heterocycles. The summed E-state index contributed by atoms with van der Waals surface area (Å²) in [4.78, 5) is 7.76. The van der Waals surface area contributed by atoms with Crippen molar-refractivity contribution in [2.24, 2.45) is 4.99 Å². The summed E-state index contributed by atoms with van der Waals surface area (Å²) in [6.07, 6.45) is 10.0. The molecule has 0 aliphatic rings. The smallest absolute Gasteiger partial charge is 0.0949 e. The van der Waals surface area contributed by atoms with Crippen molar-refractivity contribution < 1.29 is 0 Å². The third-order valence-electron chi connectivity index (χ3n) is 2.24. The predicted molar refractivity (Wildman–Crippen MR) is 68.9 cm³/mol. The Morgan fingerprint density at radius 1 is 1.07 bits per heavy atom. The molecule has 0 spiro atoms. The lowest BCUT2D eigenvalue weighted by atomic mass is 10.3. The molecule has 0 unspecified atom stereocenters. The van der Waals surface area contributed by atoms with Gasteiger partial charge in [-0.3, -0.25) is 4.99 Å². The van der Waals surface area contributed by atoms with E-state index in [0.717, 1.165) is 16.7 Å². The lowest BCUT2D eigenvalue weighted by molar-refractivity contribution is 1.28. The number of hydrogen-bond acceptors (Lipinski definition) is 1. The molecule has 15 heavy (non-hydrogen) atoms. The van der Waals surface area contributed by atoms with Crippen LogP contribution in [0.3, 0.4) is 0 Å². The first-order valence-corrected chi connectivity index (χ1v) is 5.24. The second-order valence-corrected chi connectivity index (χ2v) is 3.18. The first kappa shape index (κ1) is 11.5. The third kappa shape index (κ3) is 2.27. The largest absolute Gasteiger partial charge is 0.353 e. The lowest BCUT2D eigenvalue weighted by Gasteiger charge is -1.90. The molecule has 1 aromatic rings. The Labute approximate surface area is 90.8 Å². The fourth-order valence-electron chi connectivity index (χ4n) is 1.62. The van der Waals surface area contributed by atoms with Gasteiger partial charge in [0.1, 0.15) is 0 Å². The highest BCUT2D eigenvalue weighted by Gasteiger charge is 2.02. The molecule has 0 saturated carbocycles. The van der Waals surface area contributed by atoms with Crippen LogP contribution in [0.5, 0.6) is 0 Å². The molecule has 1 aromatic heterocycles. The third-order valence-corrected chi connectivity index (χ3v) is 2.24. The van der Waals surface area contributed by atoms with E-state index >= 15 is 0 Å². The standard InChI is InChI=1S/C13H18N2/c1-5-9-12-13(14-8-4)10(6-2)11(7-3)15-12/h5-9,15H,1-4H3/b9-5-,10-6+,11-7+,14-8?. The normalized spacial score (nSPS) is 14.9. The zero-order valence-electron chi connectivity index (χ0n) is 9.83. The van der Waals surface area contributed by atoms with Gasteiger partial charge in [-0.25, -0.2) is 0 Å². The fraction of sp³-hybridized carbons (Fsp3) is 0.308. The van der Waals surface area contributed by atoms with E-state index in [1.165, 1.54) is 5.22 Å². The van der Waals surface area contributed by atoms with Gasteiger partial charge in [-0.1, -0.05) is 18.2 Å². The summed E-state index contributed by atoms with van der Waals surface area (Å²) in [7, 11) is 0. The maximum Gasteiger partial charge on any atom is 0.0949 e. The van der Waals surface area contributed by atoms with Gasteiger partial charge < -0.3 is 4.98 Å². The zero-order chi connectivity index (χ0) is 11.3. The minimum Gasteiger partial charge on any atom is -0.353 e. The second kappa shape index (κ2) is 5.35. The van der Waals surface area contributed by atoms with E-state index in [9.17, 15) is 0 Å². The van der Waals surface area contributed by atoms with Crippen molar-refractivity contribution in [1.82, 2.24) is 4.98 Å². The Bertz CT molecular complexity index is 487. The van der Waals surface area contributed by atoms with Crippen LogP contribution in [0.1, 0.15) is 33.4 Å². The van der Waals surface area contributed by atoms with Gasteiger partial charge in [0, 0.05) is 16.8 Å². The van der Waals surface area contributed by atoms with Gasteiger partial charge in [0.2, 0.25) is 0 Å². The monoisotopic (exact) mass is 202 g/mol. The van der Waals surface area contributed by atoms with Crippen LogP contribution >= 0.6 is 0 Å². The minimum atomic E-state index is 1.02. The van der Waals surface area contributed by atoms with E-state index in [0.29, 0.717) is 0 Å². The quantitative estimate of drug-likeness (QED) is 0.713. The maximum absolute atomic E-state index is 4.41. The molecule has 2 nitrogen and oxygen atoms in total. The molecule has 2 heteroatoms. The zero-order valence-corrected chi connectivity index (χ0v) is 9.83. The fourth-order valence-corrected chi connectivity index (χ4v) is 1.62. The van der Waals surface area contributed by atoms with Crippen LogP contribution in [0.4, 0.5) is 5.69 Å². The minimum absolute atomic E-state index is 1.02. The van der Waals surface area contributed by atoms with Gasteiger partial charge in [0.25, 0.3) is 0 Å².